The third kappa shape index (κ3) is 4.38. The van der Waals surface area contributed by atoms with Crippen molar-refractivity contribution in [3.8, 4) is 12.3 Å². The van der Waals surface area contributed by atoms with Gasteiger partial charge in [0.15, 0.2) is 4.80 Å². The number of hydrogen-bond donors (Lipinski definition) is 0. The van der Waals surface area contributed by atoms with Gasteiger partial charge in [0.1, 0.15) is 0 Å². The SMILES string of the molecule is C#CCn1c(=NC(=O)CSCC(=O)N2CCc3ccccc32)sc2cc(Br)ccc21. The molecule has 0 saturated heterocycles. The van der Waals surface area contributed by atoms with Crippen molar-refractivity contribution in [3.05, 3.63) is 57.3 Å². The number of carbonyl (C=O) groups is 2. The lowest BCUT2D eigenvalue weighted by molar-refractivity contribution is -0.116. The van der Waals surface area contributed by atoms with Crippen molar-refractivity contribution >= 4 is 66.7 Å². The van der Waals surface area contributed by atoms with Crippen LogP contribution in [-0.2, 0) is 22.6 Å². The van der Waals surface area contributed by atoms with Gasteiger partial charge < -0.3 is 9.47 Å². The molecule has 0 N–H and O–H groups in total. The molecule has 8 heteroatoms. The maximum absolute atomic E-state index is 12.6. The molecule has 2 amide bonds. The van der Waals surface area contributed by atoms with Crippen LogP contribution in [0.1, 0.15) is 5.56 Å². The molecule has 4 rings (SSSR count). The molecule has 1 aliphatic heterocycles. The van der Waals surface area contributed by atoms with E-state index in [0.29, 0.717) is 17.9 Å². The molecule has 1 aliphatic rings. The second-order valence-electron chi connectivity index (χ2n) is 6.71. The monoisotopic (exact) mass is 499 g/mol. The van der Waals surface area contributed by atoms with Crippen LogP contribution < -0.4 is 9.70 Å². The van der Waals surface area contributed by atoms with Crippen molar-refractivity contribution in [2.75, 3.05) is 23.0 Å². The van der Waals surface area contributed by atoms with Crippen LogP contribution in [-0.4, -0.2) is 34.4 Å². The van der Waals surface area contributed by atoms with Crippen molar-refractivity contribution in [1.29, 1.82) is 0 Å². The van der Waals surface area contributed by atoms with Gasteiger partial charge in [-0.3, -0.25) is 9.59 Å². The number of amides is 2. The summed E-state index contributed by atoms with van der Waals surface area (Å²) >= 11 is 6.18. The molecule has 0 aliphatic carbocycles. The van der Waals surface area contributed by atoms with Gasteiger partial charge >= 0.3 is 0 Å². The van der Waals surface area contributed by atoms with E-state index in [4.69, 9.17) is 6.42 Å². The fraction of sp³-hybridized carbons (Fsp3) is 0.227. The van der Waals surface area contributed by atoms with Crippen LogP contribution in [0.3, 0.4) is 0 Å². The summed E-state index contributed by atoms with van der Waals surface area (Å²) in [6.45, 7) is 1.04. The number of carbonyl (C=O) groups excluding carboxylic acids is 2. The summed E-state index contributed by atoms with van der Waals surface area (Å²) in [5.41, 5.74) is 3.12. The quantitative estimate of drug-likeness (QED) is 0.501. The van der Waals surface area contributed by atoms with Crippen LogP contribution in [0.25, 0.3) is 10.2 Å². The Morgan fingerprint density at radius 3 is 2.90 bits per heavy atom. The maximum Gasteiger partial charge on any atom is 0.258 e. The Bertz CT molecular complexity index is 1240. The number of para-hydroxylation sites is 1. The molecule has 0 spiro atoms. The number of nitrogens with zero attached hydrogens (tertiary/aromatic N) is 3. The standard InChI is InChI=1S/C22H18BrN3O2S2/c1-2-10-26-18-8-7-16(23)12-19(18)30-22(26)24-20(27)13-29-14-21(28)25-11-9-15-5-3-4-6-17(15)25/h1,3-8,12H,9-11,13-14H2. The van der Waals surface area contributed by atoms with Gasteiger partial charge in [0.05, 0.1) is 28.3 Å². The first-order valence-corrected chi connectivity index (χ1v) is 12.1. The second kappa shape index (κ2) is 9.21. The number of rotatable bonds is 5. The molecule has 2 aromatic carbocycles. The van der Waals surface area contributed by atoms with Crippen LogP contribution in [0.2, 0.25) is 0 Å². The Morgan fingerprint density at radius 1 is 1.23 bits per heavy atom. The molecule has 0 fully saturated rings. The number of halogens is 1. The fourth-order valence-corrected chi connectivity index (χ4v) is 5.69. The first-order chi connectivity index (χ1) is 14.6. The van der Waals surface area contributed by atoms with E-state index >= 15 is 0 Å². The lowest BCUT2D eigenvalue weighted by atomic mass is 10.2. The average molecular weight is 500 g/mol. The summed E-state index contributed by atoms with van der Waals surface area (Å²) in [6.07, 6.45) is 6.37. The minimum Gasteiger partial charge on any atom is -0.311 e. The van der Waals surface area contributed by atoms with Gasteiger partial charge in [0.25, 0.3) is 5.91 Å². The zero-order valence-electron chi connectivity index (χ0n) is 16.0. The molecule has 0 bridgehead atoms. The van der Waals surface area contributed by atoms with Crippen LogP contribution in [0, 0.1) is 12.3 Å². The Kier molecular flexibility index (Phi) is 6.42. The summed E-state index contributed by atoms with van der Waals surface area (Å²) in [5, 5.41) is 0. The van der Waals surface area contributed by atoms with E-state index in [-0.39, 0.29) is 23.3 Å². The molecule has 0 atom stereocenters. The van der Waals surface area contributed by atoms with Crippen molar-refractivity contribution in [2.24, 2.45) is 4.99 Å². The van der Waals surface area contributed by atoms with Crippen molar-refractivity contribution in [3.63, 3.8) is 0 Å². The van der Waals surface area contributed by atoms with Crippen LogP contribution in [0.5, 0.6) is 0 Å². The Labute approximate surface area is 190 Å². The third-order valence-corrected chi connectivity index (χ3v) is 7.19. The fourth-order valence-electron chi connectivity index (χ4n) is 3.42. The van der Waals surface area contributed by atoms with E-state index in [1.807, 2.05) is 47.0 Å². The summed E-state index contributed by atoms with van der Waals surface area (Å²) in [6, 6.07) is 13.8. The number of thioether (sulfide) groups is 1. The number of terminal acetylenes is 1. The van der Waals surface area contributed by atoms with Crippen LogP contribution >= 0.6 is 39.0 Å². The molecule has 152 valence electrons. The van der Waals surface area contributed by atoms with E-state index in [9.17, 15) is 9.59 Å². The number of thiazole rings is 1. The molecule has 2 heterocycles. The zero-order chi connectivity index (χ0) is 21.1. The topological polar surface area (TPSA) is 54.7 Å². The lowest BCUT2D eigenvalue weighted by Crippen LogP contribution is -2.30. The molecule has 1 aromatic heterocycles. The Morgan fingerprint density at radius 2 is 2.07 bits per heavy atom. The van der Waals surface area contributed by atoms with Crippen molar-refractivity contribution in [1.82, 2.24) is 4.57 Å². The average Bonchev–Trinajstić information content (AvgIpc) is 3.29. The molecule has 0 saturated carbocycles. The second-order valence-corrected chi connectivity index (χ2v) is 9.62. The molecule has 30 heavy (non-hydrogen) atoms. The summed E-state index contributed by atoms with van der Waals surface area (Å²) in [7, 11) is 0. The number of anilines is 1. The van der Waals surface area contributed by atoms with Gasteiger partial charge in [-0.05, 0) is 36.2 Å². The van der Waals surface area contributed by atoms with Crippen LogP contribution in [0.15, 0.2) is 51.9 Å². The lowest BCUT2D eigenvalue weighted by Gasteiger charge is -2.16. The number of benzene rings is 2. The third-order valence-electron chi connectivity index (χ3n) is 4.75. The Hall–Kier alpha value is -2.34. The molecule has 0 radical (unpaired) electrons. The van der Waals surface area contributed by atoms with Crippen molar-refractivity contribution in [2.45, 2.75) is 13.0 Å². The van der Waals surface area contributed by atoms with Gasteiger partial charge in [0, 0.05) is 16.7 Å². The van der Waals surface area contributed by atoms with E-state index in [1.165, 1.54) is 28.7 Å². The first kappa shape index (κ1) is 20.9. The van der Waals surface area contributed by atoms with Crippen molar-refractivity contribution < 1.29 is 9.59 Å². The van der Waals surface area contributed by atoms with E-state index in [1.54, 1.807) is 4.90 Å². The summed E-state index contributed by atoms with van der Waals surface area (Å²) < 4.78 is 3.82. The summed E-state index contributed by atoms with van der Waals surface area (Å²) in [4.78, 5) is 31.6. The van der Waals surface area contributed by atoms with E-state index < -0.39 is 0 Å². The summed E-state index contributed by atoms with van der Waals surface area (Å²) in [5.74, 6) is 2.76. The predicted octanol–water partition coefficient (Wildman–Crippen LogP) is 3.85. The number of hydrogen-bond acceptors (Lipinski definition) is 4. The van der Waals surface area contributed by atoms with E-state index in [0.717, 1.165) is 26.8 Å². The highest BCUT2D eigenvalue weighted by Crippen LogP contribution is 2.28. The van der Waals surface area contributed by atoms with Gasteiger partial charge in [-0.1, -0.05) is 51.4 Å². The van der Waals surface area contributed by atoms with Gasteiger partial charge in [-0.15, -0.1) is 18.2 Å². The predicted molar refractivity (Wildman–Crippen MR) is 127 cm³/mol. The highest BCUT2D eigenvalue weighted by atomic mass is 79.9. The minimum absolute atomic E-state index is 0.0202. The van der Waals surface area contributed by atoms with Gasteiger partial charge in [-0.2, -0.15) is 4.99 Å². The van der Waals surface area contributed by atoms with E-state index in [2.05, 4.69) is 26.8 Å². The van der Waals surface area contributed by atoms with Crippen LogP contribution in [0.4, 0.5) is 5.69 Å². The normalized spacial score (nSPS) is 13.5. The molecular weight excluding hydrogens is 482 g/mol. The molecule has 0 unspecified atom stereocenters. The number of aromatic nitrogens is 1. The zero-order valence-corrected chi connectivity index (χ0v) is 19.2. The first-order valence-electron chi connectivity index (χ1n) is 9.33. The highest BCUT2D eigenvalue weighted by molar-refractivity contribution is 9.10. The largest absolute Gasteiger partial charge is 0.311 e. The number of fused-ring (bicyclic) bond motifs is 2. The minimum atomic E-state index is -0.272. The smallest absolute Gasteiger partial charge is 0.258 e. The molecular formula is C22H18BrN3O2S2. The van der Waals surface area contributed by atoms with Gasteiger partial charge in [-0.25, -0.2) is 0 Å². The molecule has 3 aromatic rings. The highest BCUT2D eigenvalue weighted by Gasteiger charge is 2.23. The molecule has 5 nitrogen and oxygen atoms in total. The van der Waals surface area contributed by atoms with Gasteiger partial charge in [0.2, 0.25) is 5.91 Å². The maximum atomic E-state index is 12.6. The Balaban J connectivity index is 1.43.